The molecule has 0 aromatic rings. The van der Waals surface area contributed by atoms with Crippen molar-refractivity contribution in [2.24, 2.45) is 5.92 Å². The monoisotopic (exact) mass is 253 g/mol. The molecule has 0 saturated carbocycles. The molecule has 1 aliphatic rings. The molecule has 0 bridgehead atoms. The van der Waals surface area contributed by atoms with E-state index in [2.05, 4.69) is 12.2 Å². The molecule has 1 unspecified atom stereocenters. The Hall–Kier alpha value is -0.0400. The molecule has 1 heteroatoms. The molecular weight excluding hydrogens is 218 g/mol. The summed E-state index contributed by atoms with van der Waals surface area (Å²) in [5.74, 6) is 0.959. The molecule has 18 heavy (non-hydrogen) atoms. The van der Waals surface area contributed by atoms with Gasteiger partial charge in [0.25, 0.3) is 0 Å². The highest BCUT2D eigenvalue weighted by Crippen LogP contribution is 2.17. The van der Waals surface area contributed by atoms with Crippen molar-refractivity contribution in [3.63, 3.8) is 0 Å². The SMILES string of the molecule is CC1CCCCCCCCCCCNCCCC1. The highest BCUT2D eigenvalue weighted by atomic mass is 14.8. The van der Waals surface area contributed by atoms with Gasteiger partial charge in [-0.15, -0.1) is 0 Å². The molecule has 1 atom stereocenters. The molecule has 0 aliphatic carbocycles. The van der Waals surface area contributed by atoms with Crippen molar-refractivity contribution in [2.45, 2.75) is 90.4 Å². The van der Waals surface area contributed by atoms with Crippen LogP contribution >= 0.6 is 0 Å². The minimum atomic E-state index is 0.959. The minimum Gasteiger partial charge on any atom is -0.317 e. The van der Waals surface area contributed by atoms with Crippen LogP contribution in [0.15, 0.2) is 0 Å². The topological polar surface area (TPSA) is 12.0 Å². The van der Waals surface area contributed by atoms with Gasteiger partial charge in [0.1, 0.15) is 0 Å². The largest absolute Gasteiger partial charge is 0.317 e. The van der Waals surface area contributed by atoms with Gasteiger partial charge in [0.05, 0.1) is 0 Å². The Morgan fingerprint density at radius 3 is 1.56 bits per heavy atom. The van der Waals surface area contributed by atoms with Crippen LogP contribution in [0.5, 0.6) is 0 Å². The lowest BCUT2D eigenvalue weighted by Crippen LogP contribution is -2.16. The lowest BCUT2D eigenvalue weighted by Gasteiger charge is -2.11. The van der Waals surface area contributed by atoms with E-state index >= 15 is 0 Å². The molecule has 108 valence electrons. The van der Waals surface area contributed by atoms with Gasteiger partial charge >= 0.3 is 0 Å². The fourth-order valence-electron chi connectivity index (χ4n) is 2.99. The minimum absolute atomic E-state index is 0.959. The summed E-state index contributed by atoms with van der Waals surface area (Å²) in [7, 11) is 0. The van der Waals surface area contributed by atoms with Gasteiger partial charge in [-0.2, -0.15) is 0 Å². The molecule has 0 radical (unpaired) electrons. The Balaban J connectivity index is 2.09. The van der Waals surface area contributed by atoms with Gasteiger partial charge in [0, 0.05) is 0 Å². The zero-order valence-corrected chi connectivity index (χ0v) is 12.7. The van der Waals surface area contributed by atoms with E-state index in [-0.39, 0.29) is 0 Å². The molecule has 1 nitrogen and oxygen atoms in total. The van der Waals surface area contributed by atoms with Crippen molar-refractivity contribution in [3.05, 3.63) is 0 Å². The Morgan fingerprint density at radius 2 is 0.944 bits per heavy atom. The molecule has 1 rings (SSSR count). The quantitative estimate of drug-likeness (QED) is 0.618. The van der Waals surface area contributed by atoms with E-state index in [0.717, 1.165) is 5.92 Å². The second kappa shape index (κ2) is 12.0. The maximum Gasteiger partial charge on any atom is -0.00489 e. The summed E-state index contributed by atoms with van der Waals surface area (Å²) < 4.78 is 0. The van der Waals surface area contributed by atoms with E-state index in [9.17, 15) is 0 Å². The molecule has 0 aromatic carbocycles. The fourth-order valence-corrected chi connectivity index (χ4v) is 2.99. The van der Waals surface area contributed by atoms with Crippen molar-refractivity contribution < 1.29 is 0 Å². The van der Waals surface area contributed by atoms with E-state index in [0.29, 0.717) is 0 Å². The van der Waals surface area contributed by atoms with Gasteiger partial charge in [-0.3, -0.25) is 0 Å². The van der Waals surface area contributed by atoms with Crippen molar-refractivity contribution in [1.29, 1.82) is 0 Å². The zero-order chi connectivity index (χ0) is 12.9. The zero-order valence-electron chi connectivity index (χ0n) is 12.7. The lowest BCUT2D eigenvalue weighted by molar-refractivity contribution is 0.435. The van der Waals surface area contributed by atoms with Crippen molar-refractivity contribution in [2.75, 3.05) is 13.1 Å². The number of hydrogen-bond acceptors (Lipinski definition) is 1. The third-order valence-electron chi connectivity index (χ3n) is 4.35. The van der Waals surface area contributed by atoms with Crippen molar-refractivity contribution >= 4 is 0 Å². The Morgan fingerprint density at radius 1 is 0.556 bits per heavy atom. The van der Waals surface area contributed by atoms with Gasteiger partial charge < -0.3 is 5.32 Å². The van der Waals surface area contributed by atoms with E-state index in [1.165, 1.54) is 96.6 Å². The van der Waals surface area contributed by atoms with Crippen LogP contribution in [0.25, 0.3) is 0 Å². The van der Waals surface area contributed by atoms with Crippen LogP contribution in [-0.2, 0) is 0 Å². The van der Waals surface area contributed by atoms with E-state index < -0.39 is 0 Å². The normalized spacial score (nSPS) is 27.5. The summed E-state index contributed by atoms with van der Waals surface area (Å²) in [6.07, 6.45) is 18.8. The summed E-state index contributed by atoms with van der Waals surface area (Å²) >= 11 is 0. The smallest absolute Gasteiger partial charge is 0.00489 e. The molecule has 0 spiro atoms. The first kappa shape index (κ1) is 16.0. The highest BCUT2D eigenvalue weighted by Gasteiger charge is 2.02. The Labute approximate surface area is 115 Å². The Bertz CT molecular complexity index is 149. The first-order valence-corrected chi connectivity index (χ1v) is 8.60. The lowest BCUT2D eigenvalue weighted by atomic mass is 9.96. The van der Waals surface area contributed by atoms with Crippen LogP contribution in [0, 0.1) is 5.92 Å². The maximum absolute atomic E-state index is 3.59. The summed E-state index contributed by atoms with van der Waals surface area (Å²) in [5.41, 5.74) is 0. The molecule has 1 heterocycles. The predicted molar refractivity (Wildman–Crippen MR) is 82.1 cm³/mol. The van der Waals surface area contributed by atoms with Crippen LogP contribution in [0.3, 0.4) is 0 Å². The molecule has 0 aromatic heterocycles. The van der Waals surface area contributed by atoms with Gasteiger partial charge in [-0.1, -0.05) is 77.6 Å². The fraction of sp³-hybridized carbons (Fsp3) is 1.00. The molecule has 1 fully saturated rings. The van der Waals surface area contributed by atoms with E-state index in [1.807, 2.05) is 0 Å². The average molecular weight is 253 g/mol. The molecule has 1 aliphatic heterocycles. The number of nitrogens with one attached hydrogen (secondary N) is 1. The van der Waals surface area contributed by atoms with Crippen molar-refractivity contribution in [1.82, 2.24) is 5.32 Å². The maximum atomic E-state index is 3.59. The standard InChI is InChI=1S/C17H35N/c1-17-13-9-7-5-3-2-4-6-8-11-15-18-16-12-10-14-17/h17-18H,2-16H2,1H3. The molecule has 0 amide bonds. The van der Waals surface area contributed by atoms with Crippen LogP contribution < -0.4 is 5.32 Å². The third kappa shape index (κ3) is 9.94. The van der Waals surface area contributed by atoms with E-state index in [4.69, 9.17) is 0 Å². The van der Waals surface area contributed by atoms with Gasteiger partial charge in [-0.25, -0.2) is 0 Å². The summed E-state index contributed by atoms with van der Waals surface area (Å²) in [4.78, 5) is 0. The third-order valence-corrected chi connectivity index (χ3v) is 4.35. The van der Waals surface area contributed by atoms with E-state index in [1.54, 1.807) is 0 Å². The van der Waals surface area contributed by atoms with Crippen LogP contribution in [0.2, 0.25) is 0 Å². The predicted octanol–water partition coefficient (Wildman–Crippen LogP) is 5.30. The second-order valence-electron chi connectivity index (χ2n) is 6.32. The first-order chi connectivity index (χ1) is 8.89. The Kier molecular flexibility index (Phi) is 10.7. The summed E-state index contributed by atoms with van der Waals surface area (Å²) in [6, 6.07) is 0. The van der Waals surface area contributed by atoms with Gasteiger partial charge in [0.15, 0.2) is 0 Å². The summed E-state index contributed by atoms with van der Waals surface area (Å²) in [5, 5.41) is 3.59. The summed E-state index contributed by atoms with van der Waals surface area (Å²) in [6.45, 7) is 4.93. The van der Waals surface area contributed by atoms with Crippen LogP contribution in [0.4, 0.5) is 0 Å². The molecule has 1 saturated heterocycles. The number of rotatable bonds is 0. The molecule has 1 N–H and O–H groups in total. The second-order valence-corrected chi connectivity index (χ2v) is 6.32. The van der Waals surface area contributed by atoms with Crippen molar-refractivity contribution in [3.8, 4) is 0 Å². The van der Waals surface area contributed by atoms with Crippen LogP contribution in [0.1, 0.15) is 90.4 Å². The van der Waals surface area contributed by atoms with Gasteiger partial charge in [0.2, 0.25) is 0 Å². The van der Waals surface area contributed by atoms with Gasteiger partial charge in [-0.05, 0) is 31.8 Å². The average Bonchev–Trinajstić information content (AvgIpc) is 2.37. The molecular formula is C17H35N. The number of hydrogen-bond donors (Lipinski definition) is 1. The first-order valence-electron chi connectivity index (χ1n) is 8.60. The highest BCUT2D eigenvalue weighted by molar-refractivity contribution is 4.57. The van der Waals surface area contributed by atoms with Crippen LogP contribution in [-0.4, -0.2) is 13.1 Å².